The molecule has 4 nitrogen and oxygen atoms in total. The number of nitrogens with zero attached hydrogens (tertiary/aromatic N) is 1. The second-order valence-corrected chi connectivity index (χ2v) is 3.99. The van der Waals surface area contributed by atoms with Crippen molar-refractivity contribution in [3.8, 4) is 0 Å². The van der Waals surface area contributed by atoms with Crippen molar-refractivity contribution in [2.45, 2.75) is 12.3 Å². The Kier molecular flexibility index (Phi) is 2.55. The molecule has 0 aromatic carbocycles. The van der Waals surface area contributed by atoms with Crippen LogP contribution in [0.15, 0.2) is 4.99 Å². The Balaban J connectivity index is 4.42. The van der Waals surface area contributed by atoms with Gasteiger partial charge in [0.25, 0.3) is 0 Å². The Labute approximate surface area is 53.5 Å². The van der Waals surface area contributed by atoms with Crippen molar-refractivity contribution in [1.29, 1.82) is 0 Å². The number of aliphatic imine (C=N–C) groups is 1. The lowest BCUT2D eigenvalue weighted by Gasteiger charge is -1.96. The summed E-state index contributed by atoms with van der Waals surface area (Å²) >= 11 is 0. The Morgan fingerprint density at radius 2 is 2.00 bits per heavy atom. The maximum Gasteiger partial charge on any atom is 0.236 e. The van der Waals surface area contributed by atoms with Crippen LogP contribution in [0, 0.1) is 0 Å². The van der Waals surface area contributed by atoms with Gasteiger partial charge in [-0.1, -0.05) is 0 Å². The molecular weight excluding hydrogens is 142 g/mol. The maximum atomic E-state index is 10.4. The van der Waals surface area contributed by atoms with Crippen LogP contribution in [0.4, 0.5) is 0 Å². The number of hydrogen-bond donors (Lipinski definition) is 0. The van der Waals surface area contributed by atoms with Gasteiger partial charge in [0.1, 0.15) is 0 Å². The van der Waals surface area contributed by atoms with E-state index in [1.54, 1.807) is 0 Å². The summed E-state index contributed by atoms with van der Waals surface area (Å²) in [5.41, 5.74) is 0. The van der Waals surface area contributed by atoms with Crippen molar-refractivity contribution < 1.29 is 13.2 Å². The highest BCUT2D eigenvalue weighted by Crippen LogP contribution is 1.96. The van der Waals surface area contributed by atoms with Crippen LogP contribution in [0.25, 0.3) is 0 Å². The van der Waals surface area contributed by atoms with Gasteiger partial charge in [-0.05, 0) is 6.92 Å². The minimum absolute atomic E-state index is 0.963. The Bertz CT molecular complexity index is 224. The summed E-state index contributed by atoms with van der Waals surface area (Å²) in [7, 11) is -3.19. The monoisotopic (exact) mass is 149 g/mol. The summed E-state index contributed by atoms with van der Waals surface area (Å²) in [6, 6.07) is 0. The van der Waals surface area contributed by atoms with E-state index in [2.05, 4.69) is 4.99 Å². The molecule has 0 rings (SSSR count). The molecule has 0 spiro atoms. The molecular formula is C4H7NO3S. The van der Waals surface area contributed by atoms with E-state index in [1.165, 1.54) is 13.0 Å². The van der Waals surface area contributed by atoms with Gasteiger partial charge in [0.05, 0.1) is 0 Å². The summed E-state index contributed by atoms with van der Waals surface area (Å²) in [6.07, 6.45) is 2.18. The maximum absolute atomic E-state index is 10.4. The van der Waals surface area contributed by atoms with E-state index in [4.69, 9.17) is 0 Å². The Hall–Kier alpha value is -0.670. The SMILES string of the molecule is CC(N=C=O)S(C)(=O)=O. The van der Waals surface area contributed by atoms with Crippen molar-refractivity contribution in [3.05, 3.63) is 0 Å². The van der Waals surface area contributed by atoms with Crippen molar-refractivity contribution >= 4 is 15.9 Å². The Morgan fingerprint density at radius 3 is 2.11 bits per heavy atom. The highest BCUT2D eigenvalue weighted by Gasteiger charge is 2.11. The van der Waals surface area contributed by atoms with Crippen LogP contribution in [0.1, 0.15) is 6.92 Å². The van der Waals surface area contributed by atoms with Crippen molar-refractivity contribution in [2.75, 3.05) is 6.26 Å². The molecule has 0 radical (unpaired) electrons. The molecule has 0 aliphatic rings. The molecule has 0 saturated heterocycles. The van der Waals surface area contributed by atoms with Crippen LogP contribution in [0.5, 0.6) is 0 Å². The molecule has 9 heavy (non-hydrogen) atoms. The smallest absolute Gasteiger partial charge is 0.227 e. The predicted octanol–water partition coefficient (Wildman–Crippen LogP) is -0.287. The van der Waals surface area contributed by atoms with Crippen molar-refractivity contribution in [1.82, 2.24) is 0 Å². The molecule has 0 aromatic rings. The summed E-state index contributed by atoms with van der Waals surface area (Å²) < 4.78 is 20.9. The first-order valence-corrected chi connectivity index (χ1v) is 4.20. The first kappa shape index (κ1) is 8.33. The number of rotatable bonds is 2. The minimum Gasteiger partial charge on any atom is -0.227 e. The van der Waals surface area contributed by atoms with Gasteiger partial charge < -0.3 is 0 Å². The molecule has 0 aromatic heterocycles. The zero-order valence-electron chi connectivity index (χ0n) is 5.16. The lowest BCUT2D eigenvalue weighted by atomic mass is 10.8. The minimum atomic E-state index is -3.19. The lowest BCUT2D eigenvalue weighted by Crippen LogP contribution is -2.12. The largest absolute Gasteiger partial charge is 0.236 e. The normalized spacial score (nSPS) is 14.0. The molecule has 0 heterocycles. The van der Waals surface area contributed by atoms with E-state index in [0.29, 0.717) is 0 Å². The number of hydrogen-bond acceptors (Lipinski definition) is 4. The second-order valence-electron chi connectivity index (χ2n) is 1.65. The summed E-state index contributed by atoms with van der Waals surface area (Å²) in [6.45, 7) is 1.32. The van der Waals surface area contributed by atoms with E-state index in [9.17, 15) is 13.2 Å². The van der Waals surface area contributed by atoms with Crippen LogP contribution < -0.4 is 0 Å². The standard InChI is InChI=1S/C4H7NO3S/c1-4(5-3-6)9(2,7)8/h4H,1-2H3. The molecule has 0 bridgehead atoms. The highest BCUT2D eigenvalue weighted by atomic mass is 32.2. The molecule has 1 unspecified atom stereocenters. The van der Waals surface area contributed by atoms with Crippen LogP contribution in [-0.2, 0) is 14.6 Å². The van der Waals surface area contributed by atoms with Crippen LogP contribution in [0.2, 0.25) is 0 Å². The van der Waals surface area contributed by atoms with E-state index in [-0.39, 0.29) is 0 Å². The van der Waals surface area contributed by atoms with Gasteiger partial charge in [0, 0.05) is 6.26 Å². The zero-order chi connectivity index (χ0) is 7.49. The van der Waals surface area contributed by atoms with Crippen molar-refractivity contribution in [2.24, 2.45) is 4.99 Å². The molecule has 0 aliphatic carbocycles. The molecule has 1 atom stereocenters. The Morgan fingerprint density at radius 1 is 1.56 bits per heavy atom. The van der Waals surface area contributed by atoms with E-state index in [1.807, 2.05) is 0 Å². The predicted molar refractivity (Wildman–Crippen MR) is 32.4 cm³/mol. The zero-order valence-corrected chi connectivity index (χ0v) is 5.97. The number of carbonyl (C=O) groups excluding carboxylic acids is 1. The van der Waals surface area contributed by atoms with Crippen molar-refractivity contribution in [3.63, 3.8) is 0 Å². The first-order chi connectivity index (χ1) is 3.98. The molecule has 0 aliphatic heterocycles. The van der Waals surface area contributed by atoms with Gasteiger partial charge >= 0.3 is 0 Å². The average Bonchev–Trinajstić information content (AvgIpc) is 1.64. The highest BCUT2D eigenvalue weighted by molar-refractivity contribution is 7.91. The third kappa shape index (κ3) is 3.00. The van der Waals surface area contributed by atoms with Gasteiger partial charge in [-0.2, -0.15) is 4.99 Å². The van der Waals surface area contributed by atoms with Gasteiger partial charge in [-0.15, -0.1) is 0 Å². The molecule has 0 N–H and O–H groups in total. The molecule has 0 fully saturated rings. The third-order valence-corrected chi connectivity index (χ3v) is 2.20. The van der Waals surface area contributed by atoms with Crippen LogP contribution in [-0.4, -0.2) is 26.1 Å². The third-order valence-electron chi connectivity index (χ3n) is 0.854. The van der Waals surface area contributed by atoms with E-state index in [0.717, 1.165) is 6.26 Å². The fourth-order valence-corrected chi connectivity index (χ4v) is 0.404. The first-order valence-electron chi connectivity index (χ1n) is 2.24. The van der Waals surface area contributed by atoms with Gasteiger partial charge in [0.2, 0.25) is 6.08 Å². The molecule has 5 heteroatoms. The van der Waals surface area contributed by atoms with Crippen LogP contribution >= 0.6 is 0 Å². The van der Waals surface area contributed by atoms with Gasteiger partial charge in [0.15, 0.2) is 15.2 Å². The average molecular weight is 149 g/mol. The fourth-order valence-electron chi connectivity index (χ4n) is 0.170. The summed E-state index contributed by atoms with van der Waals surface area (Å²) in [5.74, 6) is 0. The lowest BCUT2D eigenvalue weighted by molar-refractivity contribution is 0.559. The number of sulfone groups is 1. The topological polar surface area (TPSA) is 63.6 Å². The van der Waals surface area contributed by atoms with Gasteiger partial charge in [-0.3, -0.25) is 0 Å². The van der Waals surface area contributed by atoms with E-state index >= 15 is 0 Å². The summed E-state index contributed by atoms with van der Waals surface area (Å²) in [5, 5.41) is -0.963. The quantitative estimate of drug-likeness (QED) is 0.400. The summed E-state index contributed by atoms with van der Waals surface area (Å²) in [4.78, 5) is 12.5. The second kappa shape index (κ2) is 2.75. The van der Waals surface area contributed by atoms with Gasteiger partial charge in [-0.25, -0.2) is 13.2 Å². The van der Waals surface area contributed by atoms with Crippen LogP contribution in [0.3, 0.4) is 0 Å². The molecule has 0 amide bonds. The number of isocyanates is 1. The molecule has 0 saturated carbocycles. The van der Waals surface area contributed by atoms with E-state index < -0.39 is 15.2 Å². The fraction of sp³-hybridized carbons (Fsp3) is 0.750. The molecule has 52 valence electrons.